The lowest BCUT2D eigenvalue weighted by Crippen LogP contribution is -2.00. The lowest BCUT2D eigenvalue weighted by molar-refractivity contribution is 0.668. The molecule has 0 aliphatic carbocycles. The largest absolute Gasteiger partial charge is 0.456 e. The first-order valence-electron chi connectivity index (χ1n) is 19.0. The molecule has 6 nitrogen and oxygen atoms in total. The summed E-state index contributed by atoms with van der Waals surface area (Å²) in [5, 5.41) is 6.69. The summed E-state index contributed by atoms with van der Waals surface area (Å²) in [7, 11) is 0. The second-order valence-corrected chi connectivity index (χ2v) is 14.4. The molecular formula is C51H30N4O2. The Balaban J connectivity index is 1.00. The Morgan fingerprint density at radius 3 is 1.42 bits per heavy atom. The van der Waals surface area contributed by atoms with Crippen LogP contribution in [0.3, 0.4) is 0 Å². The Morgan fingerprint density at radius 1 is 0.298 bits per heavy atom. The molecule has 0 amide bonds. The average Bonchev–Trinajstić information content (AvgIpc) is 3.95. The summed E-state index contributed by atoms with van der Waals surface area (Å²) < 4.78 is 15.0. The van der Waals surface area contributed by atoms with E-state index in [9.17, 15) is 0 Å². The Kier molecular flexibility index (Phi) is 6.83. The van der Waals surface area contributed by atoms with Gasteiger partial charge in [-0.2, -0.15) is 0 Å². The molecule has 0 aliphatic heterocycles. The highest BCUT2D eigenvalue weighted by molar-refractivity contribution is 6.10. The minimum Gasteiger partial charge on any atom is -0.456 e. The van der Waals surface area contributed by atoms with E-state index in [1.807, 2.05) is 42.5 Å². The highest BCUT2D eigenvalue weighted by Crippen LogP contribution is 2.37. The first kappa shape index (κ1) is 31.5. The molecule has 4 heterocycles. The number of hydrogen-bond donors (Lipinski definition) is 0. The van der Waals surface area contributed by atoms with E-state index in [4.69, 9.17) is 23.8 Å². The molecule has 4 aromatic heterocycles. The maximum atomic E-state index is 6.44. The maximum Gasteiger partial charge on any atom is 0.164 e. The summed E-state index contributed by atoms with van der Waals surface area (Å²) in [6.07, 6.45) is 0. The Bertz CT molecular complexity index is 3470. The van der Waals surface area contributed by atoms with Crippen molar-refractivity contribution >= 4 is 65.7 Å². The van der Waals surface area contributed by atoms with E-state index in [0.717, 1.165) is 82.9 Å². The van der Waals surface area contributed by atoms with Crippen molar-refractivity contribution < 1.29 is 8.83 Å². The van der Waals surface area contributed by atoms with Gasteiger partial charge < -0.3 is 13.4 Å². The molecule has 0 saturated carbocycles. The number of benzene rings is 8. The third-order valence-electron chi connectivity index (χ3n) is 11.1. The minimum atomic E-state index is 0.554. The van der Waals surface area contributed by atoms with Gasteiger partial charge in [0, 0.05) is 54.7 Å². The van der Waals surface area contributed by atoms with Crippen LogP contribution in [0.4, 0.5) is 0 Å². The second kappa shape index (κ2) is 12.3. The highest BCUT2D eigenvalue weighted by atomic mass is 16.3. The third-order valence-corrected chi connectivity index (χ3v) is 11.1. The number of fused-ring (bicyclic) bond motifs is 9. The molecule has 0 radical (unpaired) electrons. The minimum absolute atomic E-state index is 0.554. The summed E-state index contributed by atoms with van der Waals surface area (Å²) >= 11 is 0. The molecule has 57 heavy (non-hydrogen) atoms. The number of aromatic nitrogens is 4. The fourth-order valence-corrected chi connectivity index (χ4v) is 8.31. The first-order chi connectivity index (χ1) is 28.2. The summed E-state index contributed by atoms with van der Waals surface area (Å²) in [5.41, 5.74) is 11.5. The summed E-state index contributed by atoms with van der Waals surface area (Å²) in [6.45, 7) is 0. The number of hydrogen-bond acceptors (Lipinski definition) is 5. The number of rotatable bonds is 5. The Labute approximate surface area is 325 Å². The van der Waals surface area contributed by atoms with Crippen molar-refractivity contribution in [2.75, 3.05) is 0 Å². The fraction of sp³-hybridized carbons (Fsp3) is 0. The maximum absolute atomic E-state index is 6.44. The summed E-state index contributed by atoms with van der Waals surface area (Å²) in [4.78, 5) is 15.3. The predicted octanol–water partition coefficient (Wildman–Crippen LogP) is 13.4. The average molecular weight is 731 g/mol. The van der Waals surface area contributed by atoms with Crippen LogP contribution in [0.2, 0.25) is 0 Å². The van der Waals surface area contributed by atoms with Crippen LogP contribution in [0.25, 0.3) is 117 Å². The molecule has 0 N–H and O–H groups in total. The topological polar surface area (TPSA) is 69.9 Å². The molecule has 0 aliphatic rings. The summed E-state index contributed by atoms with van der Waals surface area (Å²) in [6, 6.07) is 62.8. The van der Waals surface area contributed by atoms with Crippen molar-refractivity contribution in [1.82, 2.24) is 19.5 Å². The zero-order chi connectivity index (χ0) is 37.5. The second-order valence-electron chi connectivity index (χ2n) is 14.4. The van der Waals surface area contributed by atoms with E-state index >= 15 is 0 Å². The molecule has 0 spiro atoms. The lowest BCUT2D eigenvalue weighted by Gasteiger charge is -2.11. The van der Waals surface area contributed by atoms with E-state index in [1.54, 1.807) is 0 Å². The van der Waals surface area contributed by atoms with E-state index in [1.165, 1.54) is 16.3 Å². The van der Waals surface area contributed by atoms with Gasteiger partial charge in [-0.15, -0.1) is 0 Å². The Morgan fingerprint density at radius 2 is 0.772 bits per heavy atom. The zero-order valence-corrected chi connectivity index (χ0v) is 30.4. The van der Waals surface area contributed by atoms with Gasteiger partial charge in [-0.25, -0.2) is 15.0 Å². The molecule has 0 bridgehead atoms. The number of nitrogens with zero attached hydrogens (tertiary/aromatic N) is 4. The van der Waals surface area contributed by atoms with Crippen molar-refractivity contribution in [3.8, 4) is 51.0 Å². The highest BCUT2D eigenvalue weighted by Gasteiger charge is 2.18. The van der Waals surface area contributed by atoms with Gasteiger partial charge in [0.1, 0.15) is 22.3 Å². The van der Waals surface area contributed by atoms with Gasteiger partial charge in [-0.1, -0.05) is 103 Å². The van der Waals surface area contributed by atoms with Crippen LogP contribution in [0.1, 0.15) is 0 Å². The molecule has 12 rings (SSSR count). The molecule has 0 fully saturated rings. The van der Waals surface area contributed by atoms with E-state index < -0.39 is 0 Å². The van der Waals surface area contributed by atoms with Gasteiger partial charge in [0.25, 0.3) is 0 Å². The van der Waals surface area contributed by atoms with E-state index in [-0.39, 0.29) is 0 Å². The third kappa shape index (κ3) is 5.08. The van der Waals surface area contributed by atoms with Crippen molar-refractivity contribution in [3.05, 3.63) is 182 Å². The van der Waals surface area contributed by atoms with Crippen LogP contribution >= 0.6 is 0 Å². The molecule has 0 unspecified atom stereocenters. The normalized spacial score (nSPS) is 11.9. The van der Waals surface area contributed by atoms with Crippen LogP contribution in [0.5, 0.6) is 0 Å². The van der Waals surface area contributed by atoms with Crippen molar-refractivity contribution in [2.45, 2.75) is 0 Å². The zero-order valence-electron chi connectivity index (χ0n) is 30.4. The van der Waals surface area contributed by atoms with Crippen LogP contribution in [-0.2, 0) is 0 Å². The molecule has 266 valence electrons. The molecule has 0 saturated heterocycles. The van der Waals surface area contributed by atoms with Crippen LogP contribution in [0, 0.1) is 0 Å². The van der Waals surface area contributed by atoms with Crippen LogP contribution in [-0.4, -0.2) is 19.5 Å². The van der Waals surface area contributed by atoms with Crippen LogP contribution < -0.4 is 0 Å². The number of para-hydroxylation sites is 3. The van der Waals surface area contributed by atoms with Crippen LogP contribution in [0.15, 0.2) is 191 Å². The monoisotopic (exact) mass is 730 g/mol. The van der Waals surface area contributed by atoms with Gasteiger partial charge in [0.05, 0.1) is 11.0 Å². The van der Waals surface area contributed by atoms with E-state index in [2.05, 4.69) is 144 Å². The number of furan rings is 2. The predicted molar refractivity (Wildman–Crippen MR) is 230 cm³/mol. The van der Waals surface area contributed by atoms with Gasteiger partial charge in [-0.05, 0) is 90.0 Å². The standard InChI is InChI=1S/C51H30N4O2/c1-2-10-31(11-3-1)33-22-27-46-42(28-33)41-26-21-35(30-48(41)57-46)51-53-49(52-50(54-51)34-20-25-40-39-14-6-9-17-45(39)56-47(40)29-34)32-18-23-36(24-19-32)55-43-15-7-4-12-37(43)38-13-5-8-16-44(38)55/h1-30H. The molecule has 12 aromatic rings. The molecule has 0 atom stereocenters. The van der Waals surface area contributed by atoms with Gasteiger partial charge >= 0.3 is 0 Å². The van der Waals surface area contributed by atoms with Crippen molar-refractivity contribution in [1.29, 1.82) is 0 Å². The van der Waals surface area contributed by atoms with Crippen molar-refractivity contribution in [2.24, 2.45) is 0 Å². The molecule has 6 heteroatoms. The SMILES string of the molecule is c1ccc(-c2ccc3oc4cc(-c5nc(-c6ccc(-n7c8ccccc8c8ccccc87)cc6)nc(-c6ccc7c(c6)oc6ccccc67)n5)ccc4c3c2)cc1. The Hall–Kier alpha value is -7.83. The smallest absolute Gasteiger partial charge is 0.164 e. The lowest BCUT2D eigenvalue weighted by atomic mass is 10.0. The quantitative estimate of drug-likeness (QED) is 0.176. The molecule has 8 aromatic carbocycles. The van der Waals surface area contributed by atoms with E-state index in [0.29, 0.717) is 17.5 Å². The fourth-order valence-electron chi connectivity index (χ4n) is 8.31. The van der Waals surface area contributed by atoms with Gasteiger partial charge in [0.15, 0.2) is 17.5 Å². The summed E-state index contributed by atoms with van der Waals surface area (Å²) in [5.74, 6) is 1.69. The first-order valence-corrected chi connectivity index (χ1v) is 19.0. The van der Waals surface area contributed by atoms with Gasteiger partial charge in [0.2, 0.25) is 0 Å². The van der Waals surface area contributed by atoms with Crippen molar-refractivity contribution in [3.63, 3.8) is 0 Å². The van der Waals surface area contributed by atoms with Gasteiger partial charge in [-0.3, -0.25) is 0 Å². The molecular weight excluding hydrogens is 701 g/mol.